The number of hydrogen-bond donors (Lipinski definition) is 1. The molecule has 6 heteroatoms. The fourth-order valence-corrected chi connectivity index (χ4v) is 1.98. The van der Waals surface area contributed by atoms with Gasteiger partial charge in [0, 0.05) is 33.3 Å². The molecule has 106 valence electrons. The lowest BCUT2D eigenvalue weighted by atomic mass is 10.4. The van der Waals surface area contributed by atoms with Crippen molar-refractivity contribution in [3.8, 4) is 0 Å². The molecule has 0 aromatic carbocycles. The van der Waals surface area contributed by atoms with E-state index in [2.05, 4.69) is 4.90 Å². The Morgan fingerprint density at radius 1 is 1.22 bits per heavy atom. The predicted molar refractivity (Wildman–Crippen MR) is 67.4 cm³/mol. The van der Waals surface area contributed by atoms with Crippen molar-refractivity contribution in [3.05, 3.63) is 0 Å². The number of nitrogens with zero attached hydrogens (tertiary/aromatic N) is 2. The molecule has 0 unspecified atom stereocenters. The van der Waals surface area contributed by atoms with E-state index in [1.165, 1.54) is 0 Å². The van der Waals surface area contributed by atoms with E-state index in [4.69, 9.17) is 14.6 Å². The van der Waals surface area contributed by atoms with E-state index in [1.54, 1.807) is 7.11 Å². The van der Waals surface area contributed by atoms with Crippen molar-refractivity contribution >= 4 is 5.91 Å². The summed E-state index contributed by atoms with van der Waals surface area (Å²) < 4.78 is 10.1. The lowest BCUT2D eigenvalue weighted by Crippen LogP contribution is -2.38. The van der Waals surface area contributed by atoms with Crippen LogP contribution in [0.4, 0.5) is 0 Å². The van der Waals surface area contributed by atoms with Crippen LogP contribution in [0.3, 0.4) is 0 Å². The van der Waals surface area contributed by atoms with Gasteiger partial charge in [-0.2, -0.15) is 0 Å². The smallest absolute Gasteiger partial charge is 0.248 e. The number of aliphatic hydroxyl groups is 1. The number of hydrogen-bond acceptors (Lipinski definition) is 5. The fourth-order valence-electron chi connectivity index (χ4n) is 1.98. The number of β-amino-alcohol motifs (C(OH)–C–C–N with tert-alkyl or cyclic N) is 1. The van der Waals surface area contributed by atoms with Crippen LogP contribution in [0, 0.1) is 0 Å². The number of rotatable bonds is 7. The highest BCUT2D eigenvalue weighted by Crippen LogP contribution is 2.03. The largest absolute Gasteiger partial charge is 0.395 e. The molecule has 1 heterocycles. The molecule has 0 atom stereocenters. The number of methoxy groups -OCH3 is 1. The van der Waals surface area contributed by atoms with Crippen molar-refractivity contribution in [1.29, 1.82) is 0 Å². The van der Waals surface area contributed by atoms with Gasteiger partial charge >= 0.3 is 0 Å². The number of carbonyl (C=O) groups excluding carboxylic acids is 1. The average Bonchev–Trinajstić information content (AvgIpc) is 2.61. The third-order valence-electron chi connectivity index (χ3n) is 3.01. The SMILES string of the molecule is COCCOCC(=O)N1CCCN(CCO)CC1. The second-order valence-electron chi connectivity index (χ2n) is 4.34. The standard InChI is InChI=1S/C12H24N2O4/c1-17-9-10-18-11-12(16)14-4-2-3-13(5-6-14)7-8-15/h15H,2-11H2,1H3. The van der Waals surface area contributed by atoms with Crippen LogP contribution in [-0.4, -0.2) is 87.1 Å². The summed E-state index contributed by atoms with van der Waals surface area (Å²) in [5.41, 5.74) is 0. The highest BCUT2D eigenvalue weighted by atomic mass is 16.5. The van der Waals surface area contributed by atoms with Crippen LogP contribution in [0.2, 0.25) is 0 Å². The summed E-state index contributed by atoms with van der Waals surface area (Å²) in [5.74, 6) is 0.0388. The molecule has 6 nitrogen and oxygen atoms in total. The van der Waals surface area contributed by atoms with Gasteiger partial charge in [-0.1, -0.05) is 0 Å². The molecule has 1 N–H and O–H groups in total. The van der Waals surface area contributed by atoms with Crippen LogP contribution >= 0.6 is 0 Å². The normalized spacial score (nSPS) is 17.8. The molecule has 0 radical (unpaired) electrons. The molecule has 1 rings (SSSR count). The highest BCUT2D eigenvalue weighted by Gasteiger charge is 2.18. The summed E-state index contributed by atoms with van der Waals surface area (Å²) in [7, 11) is 1.61. The third-order valence-corrected chi connectivity index (χ3v) is 3.01. The number of aliphatic hydroxyl groups excluding tert-OH is 1. The van der Waals surface area contributed by atoms with Crippen molar-refractivity contribution in [1.82, 2.24) is 9.80 Å². The van der Waals surface area contributed by atoms with Crippen molar-refractivity contribution < 1.29 is 19.4 Å². The second kappa shape index (κ2) is 9.27. The van der Waals surface area contributed by atoms with Crippen LogP contribution in [0.25, 0.3) is 0 Å². The Kier molecular flexibility index (Phi) is 7.91. The minimum absolute atomic E-state index is 0.0388. The summed E-state index contributed by atoms with van der Waals surface area (Å²) in [4.78, 5) is 15.9. The summed E-state index contributed by atoms with van der Waals surface area (Å²) in [6.07, 6.45) is 0.948. The molecule has 1 saturated heterocycles. The summed E-state index contributed by atoms with van der Waals surface area (Å²) >= 11 is 0. The molecule has 0 aromatic heterocycles. The topological polar surface area (TPSA) is 62.2 Å². The van der Waals surface area contributed by atoms with Crippen molar-refractivity contribution in [2.75, 3.05) is 66.3 Å². The lowest BCUT2D eigenvalue weighted by molar-refractivity contribution is -0.136. The maximum atomic E-state index is 11.9. The molecule has 1 amide bonds. The minimum Gasteiger partial charge on any atom is -0.395 e. The van der Waals surface area contributed by atoms with Crippen LogP contribution in [0.5, 0.6) is 0 Å². The molecule has 1 aliphatic rings. The zero-order valence-electron chi connectivity index (χ0n) is 11.1. The van der Waals surface area contributed by atoms with E-state index < -0.39 is 0 Å². The molecule has 0 bridgehead atoms. The van der Waals surface area contributed by atoms with Gasteiger partial charge in [-0.15, -0.1) is 0 Å². The molecule has 18 heavy (non-hydrogen) atoms. The van der Waals surface area contributed by atoms with E-state index in [9.17, 15) is 4.79 Å². The van der Waals surface area contributed by atoms with Crippen LogP contribution < -0.4 is 0 Å². The van der Waals surface area contributed by atoms with Crippen LogP contribution in [0.1, 0.15) is 6.42 Å². The molecular formula is C12H24N2O4. The Hall–Kier alpha value is -0.690. The van der Waals surface area contributed by atoms with E-state index in [1.807, 2.05) is 4.90 Å². The molecule has 1 fully saturated rings. The Morgan fingerprint density at radius 3 is 2.78 bits per heavy atom. The first-order valence-corrected chi connectivity index (χ1v) is 6.45. The van der Waals surface area contributed by atoms with E-state index in [-0.39, 0.29) is 19.1 Å². The van der Waals surface area contributed by atoms with Gasteiger partial charge in [0.2, 0.25) is 5.91 Å². The first kappa shape index (κ1) is 15.4. The number of ether oxygens (including phenoxy) is 2. The molecule has 0 aliphatic carbocycles. The first-order chi connectivity index (χ1) is 8.77. The van der Waals surface area contributed by atoms with E-state index in [0.29, 0.717) is 26.3 Å². The second-order valence-corrected chi connectivity index (χ2v) is 4.34. The Bertz CT molecular complexity index is 238. The Balaban J connectivity index is 2.22. The average molecular weight is 260 g/mol. The van der Waals surface area contributed by atoms with Crippen molar-refractivity contribution in [2.45, 2.75) is 6.42 Å². The zero-order chi connectivity index (χ0) is 13.2. The monoisotopic (exact) mass is 260 g/mol. The van der Waals surface area contributed by atoms with Gasteiger partial charge in [0.25, 0.3) is 0 Å². The molecule has 0 aromatic rings. The minimum atomic E-state index is 0.0388. The van der Waals surface area contributed by atoms with Crippen molar-refractivity contribution in [3.63, 3.8) is 0 Å². The number of carbonyl (C=O) groups is 1. The maximum absolute atomic E-state index is 11.9. The van der Waals surface area contributed by atoms with Crippen LogP contribution in [0.15, 0.2) is 0 Å². The van der Waals surface area contributed by atoms with Gasteiger partial charge in [0.05, 0.1) is 19.8 Å². The van der Waals surface area contributed by atoms with E-state index >= 15 is 0 Å². The fraction of sp³-hybridized carbons (Fsp3) is 0.917. The van der Waals surface area contributed by atoms with Crippen molar-refractivity contribution in [2.24, 2.45) is 0 Å². The summed E-state index contributed by atoms with van der Waals surface area (Å²) in [6, 6.07) is 0. The maximum Gasteiger partial charge on any atom is 0.248 e. The van der Waals surface area contributed by atoms with Gasteiger partial charge in [0.15, 0.2) is 0 Å². The quantitative estimate of drug-likeness (QED) is 0.606. The molecule has 1 aliphatic heterocycles. The van der Waals surface area contributed by atoms with Gasteiger partial charge in [-0.3, -0.25) is 9.69 Å². The van der Waals surface area contributed by atoms with Gasteiger partial charge < -0.3 is 19.5 Å². The van der Waals surface area contributed by atoms with E-state index in [0.717, 1.165) is 26.1 Å². The lowest BCUT2D eigenvalue weighted by Gasteiger charge is -2.21. The molecular weight excluding hydrogens is 236 g/mol. The molecule has 0 saturated carbocycles. The first-order valence-electron chi connectivity index (χ1n) is 6.45. The highest BCUT2D eigenvalue weighted by molar-refractivity contribution is 5.77. The van der Waals surface area contributed by atoms with Gasteiger partial charge in [-0.05, 0) is 13.0 Å². The molecule has 0 spiro atoms. The zero-order valence-corrected chi connectivity index (χ0v) is 11.1. The van der Waals surface area contributed by atoms with Crippen LogP contribution in [-0.2, 0) is 14.3 Å². The Labute approximate surface area is 108 Å². The Morgan fingerprint density at radius 2 is 2.06 bits per heavy atom. The predicted octanol–water partition coefficient (Wildman–Crippen LogP) is -0.824. The third kappa shape index (κ3) is 5.77. The van der Waals surface area contributed by atoms with Gasteiger partial charge in [0.1, 0.15) is 6.61 Å². The van der Waals surface area contributed by atoms with Gasteiger partial charge in [-0.25, -0.2) is 0 Å². The summed E-state index contributed by atoms with van der Waals surface area (Å²) in [5, 5.41) is 8.90. The number of amides is 1. The summed E-state index contributed by atoms with van der Waals surface area (Å²) in [6.45, 7) is 5.20.